The first-order valence-electron chi connectivity index (χ1n) is 7.06. The van der Waals surface area contributed by atoms with E-state index in [1.54, 1.807) is 11.3 Å². The summed E-state index contributed by atoms with van der Waals surface area (Å²) in [6.45, 7) is 6.65. The van der Waals surface area contributed by atoms with Crippen LogP contribution >= 0.6 is 34.0 Å². The van der Waals surface area contributed by atoms with E-state index < -0.39 is 0 Å². The van der Waals surface area contributed by atoms with E-state index in [1.165, 1.54) is 25.0 Å². The molecule has 1 N–H and O–H groups in total. The fraction of sp³-hybridized carbons (Fsp3) is 0.438. The number of rotatable bonds is 4. The average Bonchev–Trinajstić information content (AvgIpc) is 3.09. The molecule has 0 bridgehead atoms. The number of fused-ring (bicyclic) bond motifs is 1. The van der Waals surface area contributed by atoms with Crippen LogP contribution in [0.3, 0.4) is 0 Å². The topological polar surface area (TPSA) is 24.9 Å². The second kappa shape index (κ2) is 5.80. The maximum atomic E-state index is 4.82. The van der Waals surface area contributed by atoms with Crippen molar-refractivity contribution in [2.24, 2.45) is 0 Å². The molecule has 1 unspecified atom stereocenters. The number of aromatic nitrogens is 1. The molecule has 3 rings (SSSR count). The van der Waals surface area contributed by atoms with E-state index in [1.807, 2.05) is 29.7 Å². The van der Waals surface area contributed by atoms with Gasteiger partial charge in [0.2, 0.25) is 0 Å². The lowest BCUT2D eigenvalue weighted by molar-refractivity contribution is 0.562. The SMILES string of the molecule is CNC(Cc1nc(C(C)(C)C)cs1)c1cc2sccc2s1. The monoisotopic (exact) mass is 336 g/mol. The number of nitrogens with zero attached hydrogens (tertiary/aromatic N) is 1. The highest BCUT2D eigenvalue weighted by molar-refractivity contribution is 7.27. The normalized spacial score (nSPS) is 13.9. The molecule has 3 aromatic rings. The Morgan fingerprint density at radius 2 is 2.05 bits per heavy atom. The van der Waals surface area contributed by atoms with Crippen LogP contribution in [0, 0.1) is 0 Å². The van der Waals surface area contributed by atoms with E-state index >= 15 is 0 Å². The Hall–Kier alpha value is -0.750. The van der Waals surface area contributed by atoms with Gasteiger partial charge in [0.05, 0.1) is 10.7 Å². The summed E-state index contributed by atoms with van der Waals surface area (Å²) in [6.07, 6.45) is 0.963. The molecule has 3 heterocycles. The van der Waals surface area contributed by atoms with Gasteiger partial charge in [-0.1, -0.05) is 20.8 Å². The summed E-state index contributed by atoms with van der Waals surface area (Å²) < 4.78 is 2.79. The van der Waals surface area contributed by atoms with Gasteiger partial charge in [0.15, 0.2) is 0 Å². The molecule has 0 aliphatic rings. The van der Waals surface area contributed by atoms with Crippen molar-refractivity contribution in [3.05, 3.63) is 38.5 Å². The van der Waals surface area contributed by atoms with Crippen LogP contribution in [0.25, 0.3) is 9.40 Å². The standard InChI is InChI=1S/C16H20N2S3/c1-16(2,3)14-9-20-15(18-14)7-10(17-4)12-8-13-11(21-12)5-6-19-13/h5-6,8-10,17H,7H2,1-4H3. The van der Waals surface area contributed by atoms with Gasteiger partial charge in [0.1, 0.15) is 0 Å². The second-order valence-electron chi connectivity index (χ2n) is 6.22. The van der Waals surface area contributed by atoms with Gasteiger partial charge in [-0.05, 0) is 24.6 Å². The van der Waals surface area contributed by atoms with E-state index in [0.717, 1.165) is 6.42 Å². The van der Waals surface area contributed by atoms with Gasteiger partial charge in [-0.2, -0.15) is 0 Å². The third kappa shape index (κ3) is 3.21. The van der Waals surface area contributed by atoms with Crippen LogP contribution in [-0.2, 0) is 11.8 Å². The number of likely N-dealkylation sites (N-methyl/N-ethyl adjacent to an activating group) is 1. The van der Waals surface area contributed by atoms with Gasteiger partial charge >= 0.3 is 0 Å². The minimum absolute atomic E-state index is 0.134. The molecular formula is C16H20N2S3. The number of thiazole rings is 1. The number of hydrogen-bond donors (Lipinski definition) is 1. The van der Waals surface area contributed by atoms with E-state index in [4.69, 9.17) is 4.98 Å². The van der Waals surface area contributed by atoms with Crippen molar-refractivity contribution in [2.75, 3.05) is 7.05 Å². The van der Waals surface area contributed by atoms with Gasteiger partial charge in [-0.15, -0.1) is 34.0 Å². The van der Waals surface area contributed by atoms with Crippen molar-refractivity contribution in [1.82, 2.24) is 10.3 Å². The van der Waals surface area contributed by atoms with Crippen LogP contribution in [-0.4, -0.2) is 12.0 Å². The summed E-state index contributed by atoms with van der Waals surface area (Å²) in [6, 6.07) is 4.89. The molecule has 0 amide bonds. The van der Waals surface area contributed by atoms with Crippen LogP contribution < -0.4 is 5.32 Å². The Bertz CT molecular complexity index is 701. The van der Waals surface area contributed by atoms with Crippen LogP contribution in [0.1, 0.15) is 42.4 Å². The lowest BCUT2D eigenvalue weighted by atomic mass is 9.93. The molecule has 0 aliphatic carbocycles. The summed E-state index contributed by atoms with van der Waals surface area (Å²) in [4.78, 5) is 6.23. The van der Waals surface area contributed by atoms with Crippen LogP contribution in [0.15, 0.2) is 22.9 Å². The third-order valence-electron chi connectivity index (χ3n) is 3.55. The minimum atomic E-state index is 0.134. The smallest absolute Gasteiger partial charge is 0.0947 e. The van der Waals surface area contributed by atoms with Gasteiger partial charge in [0, 0.05) is 37.5 Å². The summed E-state index contributed by atoms with van der Waals surface area (Å²) in [5, 5.41) is 9.03. The first-order chi connectivity index (χ1) is 9.97. The van der Waals surface area contributed by atoms with Crippen molar-refractivity contribution < 1.29 is 0 Å². The van der Waals surface area contributed by atoms with Crippen molar-refractivity contribution in [3.63, 3.8) is 0 Å². The summed E-state index contributed by atoms with van der Waals surface area (Å²) in [7, 11) is 2.04. The van der Waals surface area contributed by atoms with Gasteiger partial charge in [0.25, 0.3) is 0 Å². The zero-order chi connectivity index (χ0) is 15.0. The zero-order valence-electron chi connectivity index (χ0n) is 12.8. The molecule has 0 saturated carbocycles. The van der Waals surface area contributed by atoms with E-state index in [-0.39, 0.29) is 5.41 Å². The molecule has 0 fully saturated rings. The maximum absolute atomic E-state index is 4.82. The lowest BCUT2D eigenvalue weighted by Gasteiger charge is -2.15. The van der Waals surface area contributed by atoms with Crippen molar-refractivity contribution in [2.45, 2.75) is 38.6 Å². The molecule has 0 aromatic carbocycles. The molecule has 0 spiro atoms. The highest BCUT2D eigenvalue weighted by Crippen LogP contribution is 2.35. The Balaban J connectivity index is 1.81. The molecule has 3 aromatic heterocycles. The zero-order valence-corrected chi connectivity index (χ0v) is 15.2. The third-order valence-corrected chi connectivity index (χ3v) is 6.63. The Kier molecular flexibility index (Phi) is 4.19. The maximum Gasteiger partial charge on any atom is 0.0947 e. The van der Waals surface area contributed by atoms with Gasteiger partial charge in [-0.3, -0.25) is 0 Å². The largest absolute Gasteiger partial charge is 0.312 e. The van der Waals surface area contributed by atoms with E-state index in [2.05, 4.69) is 49.0 Å². The fourth-order valence-electron chi connectivity index (χ4n) is 2.22. The minimum Gasteiger partial charge on any atom is -0.312 e. The molecule has 1 atom stereocenters. The van der Waals surface area contributed by atoms with Crippen molar-refractivity contribution >= 4 is 43.4 Å². The number of hydrogen-bond acceptors (Lipinski definition) is 5. The van der Waals surface area contributed by atoms with Crippen molar-refractivity contribution in [1.29, 1.82) is 0 Å². The van der Waals surface area contributed by atoms with Gasteiger partial charge in [-0.25, -0.2) is 4.98 Å². The first-order valence-corrected chi connectivity index (χ1v) is 9.64. The highest BCUT2D eigenvalue weighted by Gasteiger charge is 2.20. The van der Waals surface area contributed by atoms with Crippen LogP contribution in [0.4, 0.5) is 0 Å². The summed E-state index contributed by atoms with van der Waals surface area (Å²) >= 11 is 5.49. The average molecular weight is 337 g/mol. The summed E-state index contributed by atoms with van der Waals surface area (Å²) in [5.41, 5.74) is 1.33. The van der Waals surface area contributed by atoms with Crippen LogP contribution in [0.2, 0.25) is 0 Å². The molecule has 0 aliphatic heterocycles. The Labute approximate surface area is 137 Å². The van der Waals surface area contributed by atoms with Crippen molar-refractivity contribution in [3.8, 4) is 0 Å². The van der Waals surface area contributed by atoms with Gasteiger partial charge < -0.3 is 5.32 Å². The molecule has 5 heteroatoms. The number of thiophene rings is 2. The molecule has 0 saturated heterocycles. The lowest BCUT2D eigenvalue weighted by Crippen LogP contribution is -2.18. The molecule has 0 radical (unpaired) electrons. The molecule has 112 valence electrons. The van der Waals surface area contributed by atoms with E-state index in [9.17, 15) is 0 Å². The Morgan fingerprint density at radius 1 is 1.24 bits per heavy atom. The second-order valence-corrected chi connectivity index (χ2v) is 9.23. The Morgan fingerprint density at radius 3 is 2.67 bits per heavy atom. The van der Waals surface area contributed by atoms with E-state index in [0.29, 0.717) is 6.04 Å². The molecular weight excluding hydrogens is 316 g/mol. The summed E-state index contributed by atoms with van der Waals surface area (Å²) in [5.74, 6) is 0. The first kappa shape index (κ1) is 15.2. The molecule has 2 nitrogen and oxygen atoms in total. The van der Waals surface area contributed by atoms with Crippen LogP contribution in [0.5, 0.6) is 0 Å². The fourth-order valence-corrected chi connectivity index (χ4v) is 5.52. The predicted octanol–water partition coefficient (Wildman–Crippen LogP) is 5.22. The predicted molar refractivity (Wildman–Crippen MR) is 96.0 cm³/mol. The number of nitrogens with one attached hydrogen (secondary N) is 1. The quantitative estimate of drug-likeness (QED) is 0.706. The highest BCUT2D eigenvalue weighted by atomic mass is 32.1. The molecule has 21 heavy (non-hydrogen) atoms.